The molecule has 2 heterocycles. The van der Waals surface area contributed by atoms with Gasteiger partial charge < -0.3 is 14.9 Å². The smallest absolute Gasteiger partial charge is 0.219 e. The molecule has 4 aromatic rings. The Morgan fingerprint density at radius 1 is 1.06 bits per heavy atom. The first kappa shape index (κ1) is 20.5. The van der Waals surface area contributed by atoms with E-state index in [1.54, 1.807) is 24.0 Å². The fourth-order valence-electron chi connectivity index (χ4n) is 4.35. The second-order valence-electron chi connectivity index (χ2n) is 7.85. The summed E-state index contributed by atoms with van der Waals surface area (Å²) in [5, 5.41) is 12.5. The number of carbonyl (C=O) groups excluding carboxylic acids is 1. The van der Waals surface area contributed by atoms with Crippen molar-refractivity contribution in [3.05, 3.63) is 59.6 Å². The van der Waals surface area contributed by atoms with Gasteiger partial charge in [0.15, 0.2) is 5.82 Å². The number of phenols is 1. The lowest BCUT2D eigenvalue weighted by molar-refractivity contribution is -0.129. The zero-order chi connectivity index (χ0) is 22.4. The van der Waals surface area contributed by atoms with Crippen LogP contribution in [0.25, 0.3) is 32.8 Å². The molecule has 1 saturated heterocycles. The largest absolute Gasteiger partial charge is 0.508 e. The highest BCUT2D eigenvalue weighted by Gasteiger charge is 2.24. The molecule has 8 heteroatoms. The minimum atomic E-state index is -0.561. The van der Waals surface area contributed by atoms with Crippen LogP contribution in [-0.4, -0.2) is 52.1 Å². The van der Waals surface area contributed by atoms with Crippen molar-refractivity contribution >= 4 is 45.0 Å². The number of benzene rings is 3. The number of aromatic hydroxyl groups is 1. The molecule has 6 nitrogen and oxygen atoms in total. The zero-order valence-electron chi connectivity index (χ0n) is 17.3. The number of piperazine rings is 1. The van der Waals surface area contributed by atoms with Crippen LogP contribution >= 0.6 is 11.6 Å². The Morgan fingerprint density at radius 3 is 2.56 bits per heavy atom. The van der Waals surface area contributed by atoms with E-state index in [-0.39, 0.29) is 27.8 Å². The number of aromatic nitrogens is 2. The van der Waals surface area contributed by atoms with Crippen molar-refractivity contribution in [2.75, 3.05) is 31.1 Å². The lowest BCUT2D eigenvalue weighted by Gasteiger charge is -2.35. The molecule has 0 unspecified atom stereocenters. The topological polar surface area (TPSA) is 69.6 Å². The highest BCUT2D eigenvalue weighted by molar-refractivity contribution is 6.35. The number of anilines is 1. The van der Waals surface area contributed by atoms with E-state index in [0.717, 1.165) is 10.8 Å². The van der Waals surface area contributed by atoms with E-state index in [9.17, 15) is 9.90 Å². The van der Waals surface area contributed by atoms with Gasteiger partial charge in [0, 0.05) is 44.1 Å². The third-order valence-corrected chi connectivity index (χ3v) is 6.24. The van der Waals surface area contributed by atoms with Crippen molar-refractivity contribution in [1.29, 1.82) is 0 Å². The second-order valence-corrected chi connectivity index (χ2v) is 8.26. The number of carbonyl (C=O) groups is 1. The minimum absolute atomic E-state index is 0.0287. The molecule has 5 rings (SSSR count). The summed E-state index contributed by atoms with van der Waals surface area (Å²) >= 11 is 6.62. The van der Waals surface area contributed by atoms with Gasteiger partial charge in [-0.25, -0.2) is 14.4 Å². The average Bonchev–Trinajstić information content (AvgIpc) is 2.78. The molecular weight excluding hydrogens is 431 g/mol. The molecule has 0 aliphatic carbocycles. The van der Waals surface area contributed by atoms with E-state index in [4.69, 9.17) is 11.6 Å². The molecular formula is C24H20ClFN4O2. The molecule has 1 aliphatic heterocycles. The van der Waals surface area contributed by atoms with Crippen LogP contribution < -0.4 is 4.90 Å². The van der Waals surface area contributed by atoms with Crippen molar-refractivity contribution in [2.24, 2.45) is 0 Å². The predicted octanol–water partition coefficient (Wildman–Crippen LogP) is 4.62. The molecule has 1 amide bonds. The molecule has 0 saturated carbocycles. The van der Waals surface area contributed by atoms with Crippen LogP contribution in [0.1, 0.15) is 6.92 Å². The number of phenolic OH excluding ortho intramolecular Hbond substituents is 1. The Morgan fingerprint density at radius 2 is 1.81 bits per heavy atom. The van der Waals surface area contributed by atoms with Crippen LogP contribution in [0, 0.1) is 5.82 Å². The fraction of sp³-hybridized carbons (Fsp3) is 0.208. The molecule has 1 fully saturated rings. The van der Waals surface area contributed by atoms with Gasteiger partial charge >= 0.3 is 0 Å². The van der Waals surface area contributed by atoms with E-state index in [2.05, 4.69) is 9.97 Å². The van der Waals surface area contributed by atoms with Crippen molar-refractivity contribution < 1.29 is 14.3 Å². The highest BCUT2D eigenvalue weighted by atomic mass is 35.5. The summed E-state index contributed by atoms with van der Waals surface area (Å²) in [6.07, 6.45) is 1.34. The highest BCUT2D eigenvalue weighted by Crippen LogP contribution is 2.41. The SMILES string of the molecule is CC(=O)N1CCN(c2ncnc3c(F)c(-c4cc(O)cc5ccccc45)c(Cl)cc23)CC1. The van der Waals surface area contributed by atoms with Gasteiger partial charge in [0.1, 0.15) is 23.4 Å². The van der Waals surface area contributed by atoms with E-state index in [1.165, 1.54) is 12.4 Å². The molecule has 162 valence electrons. The maximum atomic E-state index is 15.9. The zero-order valence-corrected chi connectivity index (χ0v) is 18.1. The third kappa shape index (κ3) is 3.39. The Hall–Kier alpha value is -3.45. The van der Waals surface area contributed by atoms with E-state index in [0.29, 0.717) is 42.9 Å². The monoisotopic (exact) mass is 450 g/mol. The first-order chi connectivity index (χ1) is 15.4. The van der Waals surface area contributed by atoms with Crippen LogP contribution in [-0.2, 0) is 4.79 Å². The number of amides is 1. The first-order valence-corrected chi connectivity index (χ1v) is 10.7. The van der Waals surface area contributed by atoms with Crippen molar-refractivity contribution in [1.82, 2.24) is 14.9 Å². The van der Waals surface area contributed by atoms with Gasteiger partial charge in [-0.15, -0.1) is 0 Å². The minimum Gasteiger partial charge on any atom is -0.508 e. The number of nitrogens with zero attached hydrogens (tertiary/aromatic N) is 4. The fourth-order valence-corrected chi connectivity index (χ4v) is 4.64. The predicted molar refractivity (Wildman–Crippen MR) is 124 cm³/mol. The number of hydrogen-bond donors (Lipinski definition) is 1. The molecule has 1 N–H and O–H groups in total. The number of rotatable bonds is 2. The number of halogens is 2. The third-order valence-electron chi connectivity index (χ3n) is 5.94. The first-order valence-electron chi connectivity index (χ1n) is 10.3. The van der Waals surface area contributed by atoms with Gasteiger partial charge in [-0.05, 0) is 34.5 Å². The van der Waals surface area contributed by atoms with Crippen LogP contribution in [0.5, 0.6) is 5.75 Å². The summed E-state index contributed by atoms with van der Waals surface area (Å²) in [4.78, 5) is 24.0. The van der Waals surface area contributed by atoms with Gasteiger partial charge in [0.05, 0.1) is 5.02 Å². The van der Waals surface area contributed by atoms with Crippen LogP contribution in [0.15, 0.2) is 48.8 Å². The maximum Gasteiger partial charge on any atom is 0.219 e. The summed E-state index contributed by atoms with van der Waals surface area (Å²) in [5.74, 6) is 0.0934. The quantitative estimate of drug-likeness (QED) is 0.482. The van der Waals surface area contributed by atoms with Gasteiger partial charge in [-0.3, -0.25) is 4.79 Å². The Bertz CT molecular complexity index is 1370. The van der Waals surface area contributed by atoms with Gasteiger partial charge in [0.2, 0.25) is 5.91 Å². The number of fused-ring (bicyclic) bond motifs is 2. The maximum absolute atomic E-state index is 15.9. The summed E-state index contributed by atoms with van der Waals surface area (Å²) < 4.78 is 15.9. The van der Waals surface area contributed by atoms with Gasteiger partial charge in [-0.2, -0.15) is 0 Å². The molecule has 0 radical (unpaired) electrons. The molecule has 0 spiro atoms. The summed E-state index contributed by atoms with van der Waals surface area (Å²) in [7, 11) is 0. The molecule has 3 aromatic carbocycles. The standard InChI is InChI=1S/C24H20ClFN4O2/c1-14(31)29-6-8-30(9-7-29)24-19-12-20(25)21(22(26)23(19)27-13-28-24)18-11-16(32)10-15-4-2-3-5-17(15)18/h2-5,10-13,32H,6-9H2,1H3. The Labute approximate surface area is 188 Å². The van der Waals surface area contributed by atoms with Crippen LogP contribution in [0.3, 0.4) is 0 Å². The summed E-state index contributed by atoms with van der Waals surface area (Å²) in [6, 6.07) is 12.3. The molecule has 1 aromatic heterocycles. The molecule has 0 atom stereocenters. The number of hydrogen-bond acceptors (Lipinski definition) is 5. The van der Waals surface area contributed by atoms with Crippen LogP contribution in [0.2, 0.25) is 5.02 Å². The van der Waals surface area contributed by atoms with Crippen molar-refractivity contribution in [3.8, 4) is 16.9 Å². The lowest BCUT2D eigenvalue weighted by atomic mass is 9.96. The van der Waals surface area contributed by atoms with Crippen LogP contribution in [0.4, 0.5) is 10.2 Å². The van der Waals surface area contributed by atoms with Gasteiger partial charge in [0.25, 0.3) is 0 Å². The van der Waals surface area contributed by atoms with Crippen molar-refractivity contribution in [3.63, 3.8) is 0 Å². The summed E-state index contributed by atoms with van der Waals surface area (Å²) in [5.41, 5.74) is 0.855. The van der Waals surface area contributed by atoms with Gasteiger partial charge in [-0.1, -0.05) is 35.9 Å². The van der Waals surface area contributed by atoms with E-state index in [1.807, 2.05) is 29.2 Å². The van der Waals surface area contributed by atoms with E-state index < -0.39 is 5.82 Å². The van der Waals surface area contributed by atoms with Crippen molar-refractivity contribution in [2.45, 2.75) is 6.92 Å². The molecule has 1 aliphatic rings. The normalized spacial score (nSPS) is 14.3. The molecule has 32 heavy (non-hydrogen) atoms. The van der Waals surface area contributed by atoms with E-state index >= 15 is 4.39 Å². The second kappa shape index (κ2) is 7.91. The lowest BCUT2D eigenvalue weighted by Crippen LogP contribution is -2.48. The Kier molecular flexibility index (Phi) is 5.06. The average molecular weight is 451 g/mol. The Balaban J connectivity index is 1.66. The summed E-state index contributed by atoms with van der Waals surface area (Å²) in [6.45, 7) is 3.88. The molecule has 0 bridgehead atoms.